The van der Waals surface area contributed by atoms with Crippen LogP contribution in [0.25, 0.3) is 0 Å². The Hall–Kier alpha value is -4.28. The van der Waals surface area contributed by atoms with E-state index in [2.05, 4.69) is 16.0 Å². The van der Waals surface area contributed by atoms with E-state index < -0.39 is 84.4 Å². The van der Waals surface area contributed by atoms with Crippen LogP contribution < -0.4 is 38.9 Å². The Kier molecular flexibility index (Phi) is 13.7. The van der Waals surface area contributed by atoms with Crippen molar-refractivity contribution >= 4 is 47.4 Å². The Morgan fingerprint density at radius 1 is 0.583 bits per heavy atom. The van der Waals surface area contributed by atoms with Gasteiger partial charge in [-0.15, -0.1) is 0 Å². The van der Waals surface area contributed by atoms with Gasteiger partial charge >= 0.3 is 11.9 Å². The molecule has 0 aromatic rings. The maximum Gasteiger partial charge on any atom is 0.326 e. The number of carbonyl (C=O) groups is 8. The van der Waals surface area contributed by atoms with E-state index in [1.54, 1.807) is 0 Å². The molecule has 0 bridgehead atoms. The number of primary amides is 3. The van der Waals surface area contributed by atoms with Crippen LogP contribution in [0.5, 0.6) is 0 Å². The summed E-state index contributed by atoms with van der Waals surface area (Å²) in [6, 6.07) is -6.10. The lowest BCUT2D eigenvalue weighted by molar-refractivity contribution is -0.143. The lowest BCUT2D eigenvalue weighted by Crippen LogP contribution is -2.57. The van der Waals surface area contributed by atoms with Crippen molar-refractivity contribution in [2.45, 2.75) is 69.1 Å². The molecule has 4 atom stereocenters. The van der Waals surface area contributed by atoms with E-state index in [0.717, 1.165) is 0 Å². The van der Waals surface area contributed by atoms with Gasteiger partial charge in [-0.2, -0.15) is 0 Å². The molecular formula is C19H31N7O10. The standard InChI is InChI=1S/C19H31N7O10/c20-8(1-6-15(30)31)16(32)24-9(2-4-12(21)27)17(33)26-11(7-14(23)29)18(34)25-10(19(35)36)3-5-13(22)28/h8-11H,1-7,20H2,(H2,21,27)(H2,22,28)(H2,23,29)(H,24,32)(H,25,34)(H,26,33)(H,30,31)(H,35,36). The van der Waals surface area contributed by atoms with E-state index in [4.69, 9.17) is 28.0 Å². The number of nitrogens with one attached hydrogen (secondary N) is 3. The number of carboxylic acid groups (broad SMARTS) is 2. The number of hydrogen-bond donors (Lipinski definition) is 9. The third kappa shape index (κ3) is 13.4. The molecule has 4 unspecified atom stereocenters. The summed E-state index contributed by atoms with van der Waals surface area (Å²) in [6.45, 7) is 0. The molecule has 0 aliphatic carbocycles. The molecule has 0 saturated heterocycles. The maximum atomic E-state index is 12.8. The van der Waals surface area contributed by atoms with Crippen molar-refractivity contribution in [1.29, 1.82) is 0 Å². The first-order valence-corrected chi connectivity index (χ1v) is 10.6. The first-order valence-electron chi connectivity index (χ1n) is 10.6. The van der Waals surface area contributed by atoms with Gasteiger partial charge in [0, 0.05) is 19.3 Å². The lowest BCUT2D eigenvalue weighted by atomic mass is 10.1. The summed E-state index contributed by atoms with van der Waals surface area (Å²) in [4.78, 5) is 93.2. The van der Waals surface area contributed by atoms with Crippen LogP contribution in [-0.4, -0.2) is 81.8 Å². The van der Waals surface area contributed by atoms with Gasteiger partial charge in [-0.05, 0) is 19.3 Å². The summed E-state index contributed by atoms with van der Waals surface area (Å²) >= 11 is 0. The highest BCUT2D eigenvalue weighted by Crippen LogP contribution is 2.04. The summed E-state index contributed by atoms with van der Waals surface area (Å²) in [5.74, 6) is -8.58. The average molecular weight is 517 g/mol. The minimum atomic E-state index is -1.70. The molecule has 0 spiro atoms. The van der Waals surface area contributed by atoms with Crippen LogP contribution in [0, 0.1) is 0 Å². The predicted molar refractivity (Wildman–Crippen MR) is 119 cm³/mol. The molecule has 0 aliphatic heterocycles. The van der Waals surface area contributed by atoms with Crippen molar-refractivity contribution in [3.63, 3.8) is 0 Å². The second kappa shape index (κ2) is 15.6. The predicted octanol–water partition coefficient (Wildman–Crippen LogP) is -4.88. The number of aliphatic carboxylic acids is 2. The summed E-state index contributed by atoms with van der Waals surface area (Å²) in [6.07, 6.45) is -2.96. The monoisotopic (exact) mass is 517 g/mol. The molecule has 13 N–H and O–H groups in total. The molecule has 0 heterocycles. The number of rotatable bonds is 18. The minimum absolute atomic E-state index is 0.264. The Balaban J connectivity index is 5.58. The van der Waals surface area contributed by atoms with E-state index >= 15 is 0 Å². The molecule has 36 heavy (non-hydrogen) atoms. The van der Waals surface area contributed by atoms with Crippen molar-refractivity contribution in [2.24, 2.45) is 22.9 Å². The fourth-order valence-electron chi connectivity index (χ4n) is 2.74. The third-order valence-electron chi connectivity index (χ3n) is 4.65. The van der Waals surface area contributed by atoms with Crippen molar-refractivity contribution in [1.82, 2.24) is 16.0 Å². The summed E-state index contributed by atoms with van der Waals surface area (Å²) in [5.41, 5.74) is 20.8. The van der Waals surface area contributed by atoms with Crippen molar-refractivity contribution < 1.29 is 48.6 Å². The quantitative estimate of drug-likeness (QED) is 0.0829. The number of hydrogen-bond acceptors (Lipinski definition) is 9. The highest BCUT2D eigenvalue weighted by Gasteiger charge is 2.31. The van der Waals surface area contributed by atoms with Crippen LogP contribution in [0.1, 0.15) is 44.9 Å². The molecule has 6 amide bonds. The van der Waals surface area contributed by atoms with E-state index in [-0.39, 0.29) is 32.1 Å². The summed E-state index contributed by atoms with van der Waals surface area (Å²) < 4.78 is 0. The van der Waals surface area contributed by atoms with Crippen LogP contribution in [-0.2, 0) is 38.4 Å². The first kappa shape index (κ1) is 31.7. The molecule has 17 nitrogen and oxygen atoms in total. The van der Waals surface area contributed by atoms with Gasteiger partial charge in [0.1, 0.15) is 18.1 Å². The highest BCUT2D eigenvalue weighted by molar-refractivity contribution is 5.96. The normalized spacial score (nSPS) is 13.8. The summed E-state index contributed by atoms with van der Waals surface area (Å²) in [5, 5.41) is 24.3. The van der Waals surface area contributed by atoms with Crippen LogP contribution in [0.2, 0.25) is 0 Å². The topological polar surface area (TPSA) is 317 Å². The molecule has 0 fully saturated rings. The molecule has 0 aromatic heterocycles. The van der Waals surface area contributed by atoms with Crippen LogP contribution in [0.3, 0.4) is 0 Å². The molecule has 0 radical (unpaired) electrons. The van der Waals surface area contributed by atoms with Crippen LogP contribution in [0.15, 0.2) is 0 Å². The van der Waals surface area contributed by atoms with Crippen molar-refractivity contribution in [3.8, 4) is 0 Å². The van der Waals surface area contributed by atoms with E-state index in [0.29, 0.717) is 0 Å². The molecule has 202 valence electrons. The molecule has 17 heteroatoms. The molecule has 0 saturated carbocycles. The molecule has 0 rings (SSSR count). The second-order valence-electron chi connectivity index (χ2n) is 7.74. The first-order chi connectivity index (χ1) is 16.6. The van der Waals surface area contributed by atoms with Gasteiger partial charge in [0.2, 0.25) is 35.4 Å². The largest absolute Gasteiger partial charge is 0.481 e. The fraction of sp³-hybridized carbons (Fsp3) is 0.579. The van der Waals surface area contributed by atoms with Crippen molar-refractivity contribution in [2.75, 3.05) is 0 Å². The minimum Gasteiger partial charge on any atom is -0.481 e. The lowest BCUT2D eigenvalue weighted by Gasteiger charge is -2.24. The van der Waals surface area contributed by atoms with Crippen LogP contribution >= 0.6 is 0 Å². The molecule has 0 aliphatic rings. The van der Waals surface area contributed by atoms with E-state index in [1.807, 2.05) is 0 Å². The third-order valence-corrected chi connectivity index (χ3v) is 4.65. The second-order valence-corrected chi connectivity index (χ2v) is 7.74. The number of carboxylic acids is 2. The molecular weight excluding hydrogens is 486 g/mol. The fourth-order valence-corrected chi connectivity index (χ4v) is 2.74. The Labute approximate surface area is 204 Å². The zero-order valence-electron chi connectivity index (χ0n) is 19.2. The summed E-state index contributed by atoms with van der Waals surface area (Å²) in [7, 11) is 0. The maximum absolute atomic E-state index is 12.8. The average Bonchev–Trinajstić information content (AvgIpc) is 2.75. The van der Waals surface area contributed by atoms with Gasteiger partial charge < -0.3 is 49.1 Å². The van der Waals surface area contributed by atoms with Gasteiger partial charge in [0.15, 0.2) is 0 Å². The zero-order chi connectivity index (χ0) is 28.0. The Bertz CT molecular complexity index is 879. The Morgan fingerprint density at radius 3 is 1.47 bits per heavy atom. The number of nitrogens with two attached hydrogens (primary N) is 4. The van der Waals surface area contributed by atoms with Gasteiger partial charge in [-0.3, -0.25) is 33.6 Å². The van der Waals surface area contributed by atoms with E-state index in [9.17, 15) is 43.5 Å². The van der Waals surface area contributed by atoms with Gasteiger partial charge in [-0.1, -0.05) is 0 Å². The van der Waals surface area contributed by atoms with Crippen molar-refractivity contribution in [3.05, 3.63) is 0 Å². The van der Waals surface area contributed by atoms with Gasteiger partial charge in [-0.25, -0.2) is 4.79 Å². The SMILES string of the molecule is NC(=O)CCC(NC(=O)C(CC(N)=O)NC(=O)C(CCC(N)=O)NC(=O)C(N)CCC(=O)O)C(=O)O. The number of amides is 6. The van der Waals surface area contributed by atoms with Crippen LogP contribution in [0.4, 0.5) is 0 Å². The number of carbonyl (C=O) groups excluding carboxylic acids is 6. The molecule has 0 aromatic carbocycles. The van der Waals surface area contributed by atoms with Gasteiger partial charge in [0.05, 0.1) is 12.5 Å². The highest BCUT2D eigenvalue weighted by atomic mass is 16.4. The smallest absolute Gasteiger partial charge is 0.326 e. The van der Waals surface area contributed by atoms with Gasteiger partial charge in [0.25, 0.3) is 0 Å². The van der Waals surface area contributed by atoms with E-state index in [1.165, 1.54) is 0 Å². The Morgan fingerprint density at radius 2 is 1.03 bits per heavy atom. The zero-order valence-corrected chi connectivity index (χ0v) is 19.2.